The minimum atomic E-state index is 0.0174. The largest absolute Gasteiger partial charge is 0.497 e. The predicted octanol–water partition coefficient (Wildman–Crippen LogP) is 4.57. The summed E-state index contributed by atoms with van der Waals surface area (Å²) in [6.07, 6.45) is 4.90. The molecule has 1 N–H and O–H groups in total. The summed E-state index contributed by atoms with van der Waals surface area (Å²) in [6.45, 7) is 1.60. The maximum atomic E-state index is 12.4. The van der Waals surface area contributed by atoms with Gasteiger partial charge in [0.05, 0.1) is 18.2 Å². The van der Waals surface area contributed by atoms with Crippen molar-refractivity contribution >= 4 is 17.1 Å². The van der Waals surface area contributed by atoms with Crippen molar-refractivity contribution in [1.82, 2.24) is 9.61 Å². The molecule has 0 radical (unpaired) electrons. The number of nitrogens with zero attached hydrogens (tertiary/aromatic N) is 2. The van der Waals surface area contributed by atoms with Gasteiger partial charge in [-0.25, -0.2) is 4.52 Å². The van der Waals surface area contributed by atoms with Gasteiger partial charge in [-0.2, -0.15) is 5.10 Å². The van der Waals surface area contributed by atoms with Crippen LogP contribution in [0.5, 0.6) is 5.75 Å². The van der Waals surface area contributed by atoms with E-state index in [1.54, 1.807) is 14.0 Å². The minimum Gasteiger partial charge on any atom is -0.497 e. The molecule has 0 saturated heterocycles. The molecule has 0 atom stereocenters. The second-order valence-electron chi connectivity index (χ2n) is 6.84. The van der Waals surface area contributed by atoms with Crippen LogP contribution in [-0.2, 0) is 0 Å². The lowest BCUT2D eigenvalue weighted by molar-refractivity contribution is 0.102. The summed E-state index contributed by atoms with van der Waals surface area (Å²) in [5.41, 5.74) is 3.11. The van der Waals surface area contributed by atoms with Gasteiger partial charge in [0.2, 0.25) is 0 Å². The zero-order chi connectivity index (χ0) is 18.1. The fraction of sp³-hybridized carbons (Fsp3) is 0.333. The first kappa shape index (κ1) is 16.6. The Balaban J connectivity index is 1.83. The van der Waals surface area contributed by atoms with Gasteiger partial charge < -0.3 is 10.1 Å². The molecule has 1 aromatic carbocycles. The molecule has 0 aliphatic heterocycles. The topological polar surface area (TPSA) is 55.6 Å². The lowest BCUT2D eigenvalue weighted by Gasteiger charge is -2.14. The maximum Gasteiger partial charge on any atom is 0.164 e. The van der Waals surface area contributed by atoms with Gasteiger partial charge in [0.25, 0.3) is 0 Å². The van der Waals surface area contributed by atoms with E-state index in [4.69, 9.17) is 9.84 Å². The van der Waals surface area contributed by atoms with Gasteiger partial charge in [-0.15, -0.1) is 0 Å². The molecule has 2 aromatic heterocycles. The third kappa shape index (κ3) is 2.94. The fourth-order valence-corrected chi connectivity index (χ4v) is 3.76. The Morgan fingerprint density at radius 2 is 1.88 bits per heavy atom. The average molecular weight is 349 g/mol. The average Bonchev–Trinajstić information content (AvgIpc) is 3.29. The van der Waals surface area contributed by atoms with E-state index in [9.17, 15) is 4.79 Å². The molecular weight excluding hydrogens is 326 g/mol. The van der Waals surface area contributed by atoms with E-state index in [0.29, 0.717) is 17.3 Å². The third-order valence-corrected chi connectivity index (χ3v) is 5.08. The number of carbonyl (C=O) groups excluding carboxylic acids is 1. The van der Waals surface area contributed by atoms with Crippen LogP contribution in [0.4, 0.5) is 5.82 Å². The van der Waals surface area contributed by atoms with Crippen LogP contribution in [0, 0.1) is 0 Å². The summed E-state index contributed by atoms with van der Waals surface area (Å²) >= 11 is 0. The summed E-state index contributed by atoms with van der Waals surface area (Å²) in [4.78, 5) is 12.4. The summed E-state index contributed by atoms with van der Waals surface area (Å²) < 4.78 is 7.10. The van der Waals surface area contributed by atoms with Gasteiger partial charge in [-0.1, -0.05) is 18.9 Å². The highest BCUT2D eigenvalue weighted by atomic mass is 16.5. The number of pyridine rings is 1. The monoisotopic (exact) mass is 349 g/mol. The number of rotatable bonds is 5. The van der Waals surface area contributed by atoms with Crippen LogP contribution in [0.1, 0.15) is 43.0 Å². The molecular formula is C21H23N3O2. The van der Waals surface area contributed by atoms with Crippen molar-refractivity contribution in [3.8, 4) is 17.0 Å². The molecule has 1 aliphatic carbocycles. The van der Waals surface area contributed by atoms with E-state index in [0.717, 1.165) is 22.6 Å². The van der Waals surface area contributed by atoms with Gasteiger partial charge in [0, 0.05) is 11.6 Å². The lowest BCUT2D eigenvalue weighted by atomic mass is 10.0. The fourth-order valence-electron chi connectivity index (χ4n) is 3.76. The summed E-state index contributed by atoms with van der Waals surface area (Å²) in [6, 6.07) is 14.1. The molecule has 2 heterocycles. The molecule has 0 amide bonds. The van der Waals surface area contributed by atoms with Crippen molar-refractivity contribution < 1.29 is 9.53 Å². The standard InChI is InChI=1S/C21H23N3O2/c1-14(25)20-18-8-5-9-19(22-16-6-3-4-7-16)24(18)23-21(20)15-10-12-17(26-2)13-11-15/h5,8-13,16,22H,3-4,6-7H2,1-2H3. The number of nitrogens with one attached hydrogen (secondary N) is 1. The highest BCUT2D eigenvalue weighted by Crippen LogP contribution is 2.30. The first-order chi connectivity index (χ1) is 12.7. The van der Waals surface area contributed by atoms with Crippen molar-refractivity contribution in [3.05, 3.63) is 48.0 Å². The van der Waals surface area contributed by atoms with Crippen LogP contribution in [0.15, 0.2) is 42.5 Å². The number of benzene rings is 1. The SMILES string of the molecule is COc1ccc(-c2nn3c(NC4CCCC4)cccc3c2C(C)=O)cc1. The normalized spacial score (nSPS) is 14.7. The van der Waals surface area contributed by atoms with Gasteiger partial charge >= 0.3 is 0 Å². The molecule has 3 aromatic rings. The lowest BCUT2D eigenvalue weighted by Crippen LogP contribution is -2.17. The van der Waals surface area contributed by atoms with Crippen molar-refractivity contribution in [1.29, 1.82) is 0 Å². The van der Waals surface area contributed by atoms with E-state index in [1.165, 1.54) is 25.7 Å². The van der Waals surface area contributed by atoms with Crippen molar-refractivity contribution in [2.45, 2.75) is 38.6 Å². The zero-order valence-electron chi connectivity index (χ0n) is 15.2. The van der Waals surface area contributed by atoms with Gasteiger partial charge in [-0.05, 0) is 56.2 Å². The van der Waals surface area contributed by atoms with E-state index in [2.05, 4.69) is 5.32 Å². The molecule has 26 heavy (non-hydrogen) atoms. The number of aromatic nitrogens is 2. The Kier molecular flexibility index (Phi) is 4.37. The Morgan fingerprint density at radius 1 is 1.15 bits per heavy atom. The van der Waals surface area contributed by atoms with E-state index >= 15 is 0 Å². The van der Waals surface area contributed by atoms with Crippen LogP contribution in [-0.4, -0.2) is 28.5 Å². The summed E-state index contributed by atoms with van der Waals surface area (Å²) in [7, 11) is 1.64. The molecule has 0 unspecified atom stereocenters. The first-order valence-corrected chi connectivity index (χ1v) is 9.11. The molecule has 134 valence electrons. The van der Waals surface area contributed by atoms with E-state index in [1.807, 2.05) is 47.0 Å². The maximum absolute atomic E-state index is 12.4. The highest BCUT2D eigenvalue weighted by Gasteiger charge is 2.21. The van der Waals surface area contributed by atoms with Gasteiger partial charge in [-0.3, -0.25) is 4.79 Å². The molecule has 5 heteroatoms. The number of methoxy groups -OCH3 is 1. The molecule has 0 bridgehead atoms. The molecule has 1 fully saturated rings. The number of Topliss-reactive ketones (excluding diaryl/α,β-unsaturated/α-hetero) is 1. The Morgan fingerprint density at radius 3 is 2.54 bits per heavy atom. The number of fused-ring (bicyclic) bond motifs is 1. The summed E-state index contributed by atoms with van der Waals surface area (Å²) in [5, 5.41) is 8.40. The van der Waals surface area contributed by atoms with Crippen molar-refractivity contribution in [2.24, 2.45) is 0 Å². The predicted molar refractivity (Wildman–Crippen MR) is 103 cm³/mol. The first-order valence-electron chi connectivity index (χ1n) is 9.11. The molecule has 1 aliphatic rings. The number of ketones is 1. The number of hydrogen-bond acceptors (Lipinski definition) is 4. The van der Waals surface area contributed by atoms with Crippen LogP contribution in [0.2, 0.25) is 0 Å². The highest BCUT2D eigenvalue weighted by molar-refractivity contribution is 6.06. The third-order valence-electron chi connectivity index (χ3n) is 5.08. The number of anilines is 1. The second kappa shape index (κ2) is 6.83. The molecule has 5 nitrogen and oxygen atoms in total. The van der Waals surface area contributed by atoms with Crippen LogP contribution >= 0.6 is 0 Å². The number of carbonyl (C=O) groups is 1. The Hall–Kier alpha value is -2.82. The number of ether oxygens (including phenoxy) is 1. The quantitative estimate of drug-likeness (QED) is 0.686. The molecule has 1 saturated carbocycles. The zero-order valence-corrected chi connectivity index (χ0v) is 15.2. The van der Waals surface area contributed by atoms with Crippen LogP contribution < -0.4 is 10.1 Å². The second-order valence-corrected chi connectivity index (χ2v) is 6.84. The van der Waals surface area contributed by atoms with Gasteiger partial charge in [0.15, 0.2) is 5.78 Å². The minimum absolute atomic E-state index is 0.0174. The Labute approximate surface area is 153 Å². The van der Waals surface area contributed by atoms with E-state index in [-0.39, 0.29) is 5.78 Å². The van der Waals surface area contributed by atoms with Crippen molar-refractivity contribution in [3.63, 3.8) is 0 Å². The summed E-state index contributed by atoms with van der Waals surface area (Å²) in [5.74, 6) is 1.74. The van der Waals surface area contributed by atoms with Crippen LogP contribution in [0.25, 0.3) is 16.8 Å². The van der Waals surface area contributed by atoms with Crippen LogP contribution in [0.3, 0.4) is 0 Å². The molecule has 4 rings (SSSR count). The van der Waals surface area contributed by atoms with Crippen molar-refractivity contribution in [2.75, 3.05) is 12.4 Å². The van der Waals surface area contributed by atoms with E-state index < -0.39 is 0 Å². The van der Waals surface area contributed by atoms with Gasteiger partial charge in [0.1, 0.15) is 17.3 Å². The smallest absolute Gasteiger partial charge is 0.164 e. The number of hydrogen-bond donors (Lipinski definition) is 1. The Bertz CT molecular complexity index is 938. The molecule has 0 spiro atoms.